The van der Waals surface area contributed by atoms with Crippen molar-refractivity contribution < 1.29 is 19.1 Å². The summed E-state index contributed by atoms with van der Waals surface area (Å²) in [7, 11) is 4.38. The molecule has 1 aromatic heterocycles. The third kappa shape index (κ3) is 3.55. The summed E-state index contributed by atoms with van der Waals surface area (Å²) in [5.74, 6) is -0.854. The zero-order valence-corrected chi connectivity index (χ0v) is 15.9. The average Bonchev–Trinajstić information content (AvgIpc) is 3.09. The Balaban J connectivity index is 1.71. The van der Waals surface area contributed by atoms with Crippen molar-refractivity contribution in [1.29, 1.82) is 0 Å². The zero-order chi connectivity index (χ0) is 20.4. The Morgan fingerprint density at radius 1 is 1.14 bits per heavy atom. The van der Waals surface area contributed by atoms with Gasteiger partial charge in [0.1, 0.15) is 12.4 Å². The number of amides is 1. The van der Waals surface area contributed by atoms with Gasteiger partial charge in [-0.15, -0.1) is 0 Å². The van der Waals surface area contributed by atoms with Gasteiger partial charge in [0.05, 0.1) is 24.4 Å². The van der Waals surface area contributed by atoms with E-state index >= 15 is 0 Å². The summed E-state index contributed by atoms with van der Waals surface area (Å²) in [4.78, 5) is 50.0. The number of carbonyl (C=O) groups is 2. The normalized spacial score (nSPS) is 16.3. The molecule has 9 nitrogen and oxygen atoms in total. The van der Waals surface area contributed by atoms with E-state index in [1.165, 1.54) is 36.7 Å². The molecule has 0 spiro atoms. The van der Waals surface area contributed by atoms with Crippen molar-refractivity contribution in [2.24, 2.45) is 20.0 Å². The number of methoxy groups -OCH3 is 1. The molecule has 0 saturated carbocycles. The van der Waals surface area contributed by atoms with Crippen molar-refractivity contribution in [3.8, 4) is 5.75 Å². The Hall–Kier alpha value is -3.36. The molecular weight excluding hydrogens is 366 g/mol. The van der Waals surface area contributed by atoms with Gasteiger partial charge in [0.2, 0.25) is 5.91 Å². The summed E-state index contributed by atoms with van der Waals surface area (Å²) in [6.45, 7) is -0.0481. The van der Waals surface area contributed by atoms with Gasteiger partial charge < -0.3 is 14.4 Å². The van der Waals surface area contributed by atoms with Gasteiger partial charge >= 0.3 is 11.7 Å². The fourth-order valence-corrected chi connectivity index (χ4v) is 3.13. The van der Waals surface area contributed by atoms with Crippen LogP contribution in [0.2, 0.25) is 0 Å². The van der Waals surface area contributed by atoms with Gasteiger partial charge in [-0.1, -0.05) is 12.1 Å². The number of carbonyl (C=O) groups excluding carboxylic acids is 2. The molecule has 1 atom stereocenters. The lowest BCUT2D eigenvalue weighted by molar-refractivity contribution is -0.149. The number of aromatic nitrogens is 2. The van der Waals surface area contributed by atoms with Gasteiger partial charge in [0, 0.05) is 33.1 Å². The van der Waals surface area contributed by atoms with Crippen LogP contribution < -0.4 is 20.9 Å². The topological polar surface area (TPSA) is 99.8 Å². The Morgan fingerprint density at radius 2 is 1.86 bits per heavy atom. The molecule has 1 aromatic carbocycles. The van der Waals surface area contributed by atoms with E-state index in [1.54, 1.807) is 24.3 Å². The molecule has 0 N–H and O–H groups in total. The minimum Gasteiger partial charge on any atom is -0.495 e. The SMILES string of the molecule is COc1ccccc1N1C[C@@H](C(=O)OCc2cc(=O)n(C)c(=O)n2C)CC1=O. The van der Waals surface area contributed by atoms with Crippen molar-refractivity contribution >= 4 is 17.6 Å². The highest BCUT2D eigenvalue weighted by molar-refractivity contribution is 6.00. The van der Waals surface area contributed by atoms with Crippen LogP contribution in [0.1, 0.15) is 12.1 Å². The maximum atomic E-state index is 12.4. The largest absolute Gasteiger partial charge is 0.495 e. The Kier molecular flexibility index (Phi) is 5.34. The monoisotopic (exact) mass is 387 g/mol. The number of para-hydroxylation sites is 2. The molecular formula is C19H21N3O6. The van der Waals surface area contributed by atoms with Crippen LogP contribution in [-0.4, -0.2) is 34.7 Å². The molecule has 1 amide bonds. The Morgan fingerprint density at radius 3 is 2.57 bits per heavy atom. The van der Waals surface area contributed by atoms with Crippen LogP contribution in [-0.2, 0) is 35.0 Å². The molecule has 2 heterocycles. The number of hydrogen-bond acceptors (Lipinski definition) is 6. The van der Waals surface area contributed by atoms with Crippen LogP contribution in [0.5, 0.6) is 5.75 Å². The van der Waals surface area contributed by atoms with Crippen molar-refractivity contribution in [1.82, 2.24) is 9.13 Å². The van der Waals surface area contributed by atoms with Crippen LogP contribution in [0.3, 0.4) is 0 Å². The second kappa shape index (κ2) is 7.71. The standard InChI is InChI=1S/C19H21N3O6/c1-20-13(9-16(23)21(2)19(20)26)11-28-18(25)12-8-17(24)22(10-12)14-6-4-5-7-15(14)27-3/h4-7,9,12H,8,10-11H2,1-3H3/t12-/m0/s1. The molecule has 0 aliphatic carbocycles. The lowest BCUT2D eigenvalue weighted by Gasteiger charge is -2.19. The Labute approximate surface area is 160 Å². The molecule has 3 rings (SSSR count). The second-order valence-corrected chi connectivity index (χ2v) is 6.56. The van der Waals surface area contributed by atoms with Crippen LogP contribution in [0, 0.1) is 5.92 Å². The third-order valence-electron chi connectivity index (χ3n) is 4.82. The number of ether oxygens (including phenoxy) is 2. The molecule has 1 saturated heterocycles. The quantitative estimate of drug-likeness (QED) is 0.679. The molecule has 1 fully saturated rings. The summed E-state index contributed by atoms with van der Waals surface area (Å²) in [6.07, 6.45) is 0.0202. The van der Waals surface area contributed by atoms with Crippen LogP contribution in [0.25, 0.3) is 0 Å². The first-order valence-corrected chi connectivity index (χ1v) is 8.69. The van der Waals surface area contributed by atoms with Crippen LogP contribution in [0.4, 0.5) is 5.69 Å². The summed E-state index contributed by atoms with van der Waals surface area (Å²) in [6, 6.07) is 8.32. The molecule has 1 aliphatic heterocycles. The molecule has 9 heteroatoms. The highest BCUT2D eigenvalue weighted by Crippen LogP contribution is 2.33. The van der Waals surface area contributed by atoms with E-state index in [0.717, 1.165) is 4.57 Å². The molecule has 148 valence electrons. The van der Waals surface area contributed by atoms with E-state index in [2.05, 4.69) is 0 Å². The number of anilines is 1. The first kappa shape index (κ1) is 19.4. The molecule has 28 heavy (non-hydrogen) atoms. The van der Waals surface area contributed by atoms with Gasteiger partial charge in [-0.25, -0.2) is 4.79 Å². The van der Waals surface area contributed by atoms with Gasteiger partial charge in [0.15, 0.2) is 0 Å². The maximum absolute atomic E-state index is 12.4. The van der Waals surface area contributed by atoms with Crippen molar-refractivity contribution in [3.63, 3.8) is 0 Å². The predicted octanol–water partition coefficient (Wildman–Crippen LogP) is 0.189. The summed E-state index contributed by atoms with van der Waals surface area (Å²) < 4.78 is 12.8. The smallest absolute Gasteiger partial charge is 0.330 e. The summed E-state index contributed by atoms with van der Waals surface area (Å²) in [5, 5.41) is 0. The van der Waals surface area contributed by atoms with Crippen LogP contribution in [0.15, 0.2) is 39.9 Å². The first-order chi connectivity index (χ1) is 13.3. The lowest BCUT2D eigenvalue weighted by atomic mass is 10.1. The van der Waals surface area contributed by atoms with Gasteiger partial charge in [-0.05, 0) is 12.1 Å². The molecule has 0 radical (unpaired) electrons. The first-order valence-electron chi connectivity index (χ1n) is 8.69. The highest BCUT2D eigenvalue weighted by atomic mass is 16.5. The van der Waals surface area contributed by atoms with E-state index in [0.29, 0.717) is 11.4 Å². The van der Waals surface area contributed by atoms with Crippen molar-refractivity contribution in [2.45, 2.75) is 13.0 Å². The second-order valence-electron chi connectivity index (χ2n) is 6.56. The number of nitrogens with zero attached hydrogens (tertiary/aromatic N) is 3. The Bertz CT molecular complexity index is 1040. The van der Waals surface area contributed by atoms with Crippen molar-refractivity contribution in [2.75, 3.05) is 18.6 Å². The third-order valence-corrected chi connectivity index (χ3v) is 4.82. The fraction of sp³-hybridized carbons (Fsp3) is 0.368. The average molecular weight is 387 g/mol. The molecule has 0 unspecified atom stereocenters. The molecule has 1 aliphatic rings. The van der Waals surface area contributed by atoms with E-state index in [9.17, 15) is 19.2 Å². The number of benzene rings is 1. The maximum Gasteiger partial charge on any atom is 0.330 e. The van der Waals surface area contributed by atoms with Gasteiger partial charge in [-0.2, -0.15) is 0 Å². The van der Waals surface area contributed by atoms with Crippen molar-refractivity contribution in [3.05, 3.63) is 56.9 Å². The minimum atomic E-state index is -0.638. The van der Waals surface area contributed by atoms with E-state index in [4.69, 9.17) is 9.47 Å². The molecule has 2 aromatic rings. The predicted molar refractivity (Wildman–Crippen MR) is 100 cm³/mol. The highest BCUT2D eigenvalue weighted by Gasteiger charge is 2.37. The summed E-state index contributed by atoms with van der Waals surface area (Å²) >= 11 is 0. The van der Waals surface area contributed by atoms with E-state index in [1.807, 2.05) is 0 Å². The minimum absolute atomic E-state index is 0.0202. The molecule has 0 bridgehead atoms. The number of rotatable bonds is 5. The van der Waals surface area contributed by atoms with E-state index < -0.39 is 23.1 Å². The van der Waals surface area contributed by atoms with E-state index in [-0.39, 0.29) is 31.2 Å². The zero-order valence-electron chi connectivity index (χ0n) is 15.9. The summed E-state index contributed by atoms with van der Waals surface area (Å²) in [5.41, 5.74) is -0.101. The van der Waals surface area contributed by atoms with Gasteiger partial charge in [0.25, 0.3) is 5.56 Å². The van der Waals surface area contributed by atoms with Crippen LogP contribution >= 0.6 is 0 Å². The number of hydrogen-bond donors (Lipinski definition) is 0. The van der Waals surface area contributed by atoms with Gasteiger partial charge in [-0.3, -0.25) is 23.5 Å². The lowest BCUT2D eigenvalue weighted by Crippen LogP contribution is -2.38. The fourth-order valence-electron chi connectivity index (χ4n) is 3.13. The number of esters is 1.